The average Bonchev–Trinajstić information content (AvgIpc) is 2.74. The Morgan fingerprint density at radius 3 is 1.63 bits per heavy atom. The summed E-state index contributed by atoms with van der Waals surface area (Å²) in [6, 6.07) is 13.0. The van der Waals surface area contributed by atoms with Crippen LogP contribution in [-0.2, 0) is 9.59 Å². The highest BCUT2D eigenvalue weighted by molar-refractivity contribution is 6.20. The Kier molecular flexibility index (Phi) is 5.79. The maximum absolute atomic E-state index is 13.0. The van der Waals surface area contributed by atoms with Crippen molar-refractivity contribution in [2.24, 2.45) is 0 Å². The zero-order chi connectivity index (χ0) is 22.0. The zero-order valence-electron chi connectivity index (χ0n) is 17.2. The predicted octanol–water partition coefficient (Wildman–Crippen LogP) is 3.15. The van der Waals surface area contributed by atoms with Crippen LogP contribution in [0.25, 0.3) is 0 Å². The fourth-order valence-corrected chi connectivity index (χ4v) is 2.97. The molecule has 3 rings (SSSR count). The van der Waals surface area contributed by atoms with E-state index in [0.717, 1.165) is 23.5 Å². The van der Waals surface area contributed by atoms with E-state index >= 15 is 0 Å². The molecule has 0 aromatic heterocycles. The third-order valence-corrected chi connectivity index (χ3v) is 4.68. The van der Waals surface area contributed by atoms with Crippen molar-refractivity contribution in [1.29, 1.82) is 0 Å². The highest BCUT2D eigenvalue weighted by Gasteiger charge is 2.38. The summed E-state index contributed by atoms with van der Waals surface area (Å²) in [5.74, 6) is -1.41. The van der Waals surface area contributed by atoms with Crippen LogP contribution in [0.2, 0.25) is 0 Å². The van der Waals surface area contributed by atoms with Gasteiger partial charge in [-0.3, -0.25) is 9.59 Å². The minimum atomic E-state index is -0.706. The molecule has 154 valence electrons. The molecule has 0 N–H and O–H groups in total. The number of ketones is 2. The molecule has 0 saturated heterocycles. The lowest BCUT2D eigenvalue weighted by molar-refractivity contribution is -0.401. The number of hydrogen-bond acceptors (Lipinski definition) is 7. The van der Waals surface area contributed by atoms with E-state index in [4.69, 9.17) is 0 Å². The fourth-order valence-electron chi connectivity index (χ4n) is 2.97. The Morgan fingerprint density at radius 2 is 1.13 bits per heavy atom. The Morgan fingerprint density at radius 1 is 0.700 bits per heavy atom. The molecular weight excluding hydrogens is 384 g/mol. The Labute approximate surface area is 174 Å². The third-order valence-electron chi connectivity index (χ3n) is 4.68. The predicted molar refractivity (Wildman–Crippen MR) is 117 cm³/mol. The summed E-state index contributed by atoms with van der Waals surface area (Å²) in [5, 5.41) is 13.3. The number of carbonyl (C=O) groups excluding carboxylic acids is 2. The molecule has 0 fully saturated rings. The maximum atomic E-state index is 13.0. The number of rotatable bonds is 6. The maximum Gasteiger partial charge on any atom is 0.337 e. The van der Waals surface area contributed by atoms with Crippen molar-refractivity contribution in [2.75, 3.05) is 43.1 Å². The monoisotopic (exact) mass is 406 g/mol. The van der Waals surface area contributed by atoms with Crippen molar-refractivity contribution in [3.05, 3.63) is 82.2 Å². The van der Waals surface area contributed by atoms with Gasteiger partial charge in [0, 0.05) is 62.3 Å². The van der Waals surface area contributed by atoms with Gasteiger partial charge < -0.3 is 20.1 Å². The quantitative estimate of drug-likeness (QED) is 0.414. The van der Waals surface area contributed by atoms with Crippen LogP contribution in [0.3, 0.4) is 0 Å². The fraction of sp³-hybridized carbons (Fsp3) is 0.182. The van der Waals surface area contributed by atoms with Crippen molar-refractivity contribution < 1.29 is 14.3 Å². The van der Waals surface area contributed by atoms with E-state index in [9.17, 15) is 19.7 Å². The third kappa shape index (κ3) is 3.99. The first kappa shape index (κ1) is 20.9. The van der Waals surface area contributed by atoms with Gasteiger partial charge >= 0.3 is 5.70 Å². The van der Waals surface area contributed by atoms with E-state index in [1.54, 1.807) is 24.3 Å². The van der Waals surface area contributed by atoms with Crippen LogP contribution in [0.4, 0.5) is 22.7 Å². The molecule has 0 bridgehead atoms. The lowest BCUT2D eigenvalue weighted by atomic mass is 10.0. The summed E-state index contributed by atoms with van der Waals surface area (Å²) in [4.78, 5) is 41.7. The average molecular weight is 406 g/mol. The summed E-state index contributed by atoms with van der Waals surface area (Å²) < 4.78 is 0.331. The lowest BCUT2D eigenvalue weighted by Crippen LogP contribution is -2.30. The molecule has 8 nitrogen and oxygen atoms in total. The molecule has 0 spiro atoms. The topological polar surface area (TPSA) is 87.0 Å². The molecule has 0 amide bonds. The summed E-state index contributed by atoms with van der Waals surface area (Å²) >= 11 is 0. The number of nitroso groups, excluding NO2 is 1. The summed E-state index contributed by atoms with van der Waals surface area (Å²) in [5.41, 5.74) is 0.984. The van der Waals surface area contributed by atoms with Crippen LogP contribution >= 0.6 is 0 Å². The van der Waals surface area contributed by atoms with Crippen molar-refractivity contribution in [3.63, 3.8) is 0 Å². The number of allylic oxidation sites excluding steroid dienone is 2. The molecule has 0 aliphatic heterocycles. The first-order valence-corrected chi connectivity index (χ1v) is 9.21. The molecule has 1 aliphatic rings. The van der Waals surface area contributed by atoms with E-state index < -0.39 is 23.0 Å². The highest BCUT2D eigenvalue weighted by Crippen LogP contribution is 2.29. The molecule has 0 radical (unpaired) electrons. The minimum absolute atomic E-state index is 0.140. The van der Waals surface area contributed by atoms with Gasteiger partial charge in [0.2, 0.25) is 5.78 Å². The molecule has 0 unspecified atom stereocenters. The van der Waals surface area contributed by atoms with Crippen molar-refractivity contribution in [3.8, 4) is 0 Å². The summed E-state index contributed by atoms with van der Waals surface area (Å²) in [7, 11) is 7.43. The van der Waals surface area contributed by atoms with Crippen LogP contribution in [0.5, 0.6) is 0 Å². The SMILES string of the molecule is CN(C)c1ccc(N([O-])C2=C([N+](=O)c3ccc(N(C)C)cc3)C(=O)C=CC2=O)cc1. The molecule has 0 heterocycles. The van der Waals surface area contributed by atoms with Crippen LogP contribution in [0.1, 0.15) is 0 Å². The van der Waals surface area contributed by atoms with Crippen molar-refractivity contribution >= 4 is 34.3 Å². The first-order valence-electron chi connectivity index (χ1n) is 9.21. The second-order valence-corrected chi connectivity index (χ2v) is 7.17. The van der Waals surface area contributed by atoms with Crippen LogP contribution < -0.4 is 14.9 Å². The van der Waals surface area contributed by atoms with Gasteiger partial charge in [-0.05, 0) is 48.6 Å². The second kappa shape index (κ2) is 8.30. The van der Waals surface area contributed by atoms with Crippen LogP contribution in [0.15, 0.2) is 72.1 Å². The summed E-state index contributed by atoms with van der Waals surface area (Å²) in [6.45, 7) is 0. The van der Waals surface area contributed by atoms with E-state index in [1.807, 2.05) is 38.0 Å². The van der Waals surface area contributed by atoms with Gasteiger partial charge in [-0.1, -0.05) is 0 Å². The molecule has 0 saturated carbocycles. The van der Waals surface area contributed by atoms with Crippen molar-refractivity contribution in [1.82, 2.24) is 0 Å². The van der Waals surface area contributed by atoms with E-state index in [2.05, 4.69) is 0 Å². The second-order valence-electron chi connectivity index (χ2n) is 7.17. The minimum Gasteiger partial charge on any atom is -0.754 e. The van der Waals surface area contributed by atoms with E-state index in [-0.39, 0.29) is 11.4 Å². The van der Waals surface area contributed by atoms with E-state index in [1.165, 1.54) is 24.3 Å². The molecular formula is C22H22N4O4. The molecule has 2 aromatic rings. The van der Waals surface area contributed by atoms with Gasteiger partial charge in [-0.25, -0.2) is 0 Å². The largest absolute Gasteiger partial charge is 0.754 e. The molecule has 30 heavy (non-hydrogen) atoms. The van der Waals surface area contributed by atoms with Gasteiger partial charge in [-0.2, -0.15) is 0 Å². The molecule has 0 atom stereocenters. The Bertz CT molecular complexity index is 1050. The lowest BCUT2D eigenvalue weighted by Gasteiger charge is -2.32. The van der Waals surface area contributed by atoms with Gasteiger partial charge in [0.15, 0.2) is 5.70 Å². The summed E-state index contributed by atoms with van der Waals surface area (Å²) in [6.07, 6.45) is 2.01. The number of carbonyl (C=O) groups is 2. The first-order chi connectivity index (χ1) is 14.2. The van der Waals surface area contributed by atoms with Gasteiger partial charge in [0.05, 0.1) is 4.76 Å². The van der Waals surface area contributed by atoms with Gasteiger partial charge in [0.25, 0.3) is 11.5 Å². The normalized spacial score (nSPS) is 13.5. The number of hydroxylamine groups is 1. The molecule has 8 heteroatoms. The van der Waals surface area contributed by atoms with Crippen molar-refractivity contribution in [2.45, 2.75) is 0 Å². The highest BCUT2D eigenvalue weighted by atomic mass is 16.5. The van der Waals surface area contributed by atoms with Gasteiger partial charge in [0.1, 0.15) is 0 Å². The molecule has 1 aliphatic carbocycles. The van der Waals surface area contributed by atoms with Crippen LogP contribution in [0, 0.1) is 10.1 Å². The van der Waals surface area contributed by atoms with E-state index in [0.29, 0.717) is 9.82 Å². The Hall–Kier alpha value is -3.78. The smallest absolute Gasteiger partial charge is 0.337 e. The number of hydrogen-bond donors (Lipinski definition) is 0. The standard InChI is InChI=1S/C22H22N4O4/c1-23(2)15-5-9-17(10-6-15)25(29)21-19(27)13-14-20(28)22(21)26(30)18-11-7-16(8-12-18)24(3)4/h5-14H,1-4H3. The zero-order valence-corrected chi connectivity index (χ0v) is 17.2. The number of nitrogens with zero attached hydrogens (tertiary/aromatic N) is 4. The number of anilines is 3. The van der Waals surface area contributed by atoms with Gasteiger partial charge in [-0.15, -0.1) is 0 Å². The van der Waals surface area contributed by atoms with Crippen LogP contribution in [-0.4, -0.2) is 44.5 Å². The number of benzene rings is 2. The Balaban J connectivity index is 2.04. The molecule has 2 aromatic carbocycles.